The van der Waals surface area contributed by atoms with E-state index in [0.717, 1.165) is 22.9 Å². The molecule has 20 heavy (non-hydrogen) atoms. The maximum absolute atomic E-state index is 5.25. The minimum absolute atomic E-state index is 0.864. The molecule has 1 aromatic heterocycles. The Hall–Kier alpha value is -1.91. The first-order valence-electron chi connectivity index (χ1n) is 6.47. The van der Waals surface area contributed by atoms with E-state index < -0.39 is 0 Å². The Morgan fingerprint density at radius 1 is 1.15 bits per heavy atom. The number of fused-ring (bicyclic) bond motifs is 1. The molecule has 2 aromatic carbocycles. The quantitative estimate of drug-likeness (QED) is 0.793. The van der Waals surface area contributed by atoms with Crippen LogP contribution < -0.4 is 10.1 Å². The normalized spacial score (nSPS) is 10.9. The van der Waals surface area contributed by atoms with Gasteiger partial charge in [0.15, 0.2) is 0 Å². The van der Waals surface area contributed by atoms with Crippen LogP contribution in [0.1, 0.15) is 4.88 Å². The number of aromatic nitrogens is 1. The number of thiazole rings is 1. The van der Waals surface area contributed by atoms with Gasteiger partial charge >= 0.3 is 0 Å². The molecule has 3 aromatic rings. The number of ether oxygens (including phenoxy) is 1. The molecule has 1 heterocycles. The molecule has 1 N–H and O–H groups in total. The van der Waals surface area contributed by atoms with Gasteiger partial charge in [0.25, 0.3) is 0 Å². The molecule has 0 aliphatic heterocycles. The van der Waals surface area contributed by atoms with Crippen molar-refractivity contribution in [3.8, 4) is 16.3 Å². The number of hydrogen-bond donors (Lipinski definition) is 1. The molecule has 0 spiro atoms. The summed E-state index contributed by atoms with van der Waals surface area (Å²) in [5.41, 5.74) is 1.16. The zero-order chi connectivity index (χ0) is 13.9. The Morgan fingerprint density at radius 3 is 2.75 bits per heavy atom. The molecule has 0 amide bonds. The van der Waals surface area contributed by atoms with E-state index in [1.165, 1.54) is 15.6 Å². The number of nitrogens with one attached hydrogen (secondary N) is 1. The summed E-state index contributed by atoms with van der Waals surface area (Å²) in [6.07, 6.45) is 1.94. The summed E-state index contributed by atoms with van der Waals surface area (Å²) < 4.78 is 5.25. The van der Waals surface area contributed by atoms with Crippen LogP contribution in [0.15, 0.2) is 42.6 Å². The molecule has 0 aliphatic rings. The fraction of sp³-hybridized carbons (Fsp3) is 0.188. The molecule has 3 nitrogen and oxygen atoms in total. The number of nitrogens with zero attached hydrogens (tertiary/aromatic N) is 1. The first-order valence-corrected chi connectivity index (χ1v) is 7.29. The summed E-state index contributed by atoms with van der Waals surface area (Å²) >= 11 is 1.73. The van der Waals surface area contributed by atoms with Gasteiger partial charge in [-0.15, -0.1) is 11.3 Å². The van der Waals surface area contributed by atoms with Gasteiger partial charge in [0.2, 0.25) is 0 Å². The highest BCUT2D eigenvalue weighted by molar-refractivity contribution is 7.15. The van der Waals surface area contributed by atoms with E-state index in [9.17, 15) is 0 Å². The van der Waals surface area contributed by atoms with Crippen LogP contribution in [-0.2, 0) is 6.54 Å². The Balaban J connectivity index is 1.99. The van der Waals surface area contributed by atoms with E-state index in [0.29, 0.717) is 0 Å². The average molecular weight is 284 g/mol. The van der Waals surface area contributed by atoms with Gasteiger partial charge in [0.1, 0.15) is 10.8 Å². The van der Waals surface area contributed by atoms with Crippen LogP contribution in [0, 0.1) is 0 Å². The second kappa shape index (κ2) is 5.61. The summed E-state index contributed by atoms with van der Waals surface area (Å²) in [5, 5.41) is 6.59. The SMILES string of the molecule is CNCc1cnc(-c2ccc3cc(OC)ccc3c2)s1. The molecular weight excluding hydrogens is 268 g/mol. The van der Waals surface area contributed by atoms with Gasteiger partial charge in [0.05, 0.1) is 7.11 Å². The highest BCUT2D eigenvalue weighted by Gasteiger charge is 2.05. The average Bonchev–Trinajstić information content (AvgIpc) is 2.95. The first-order chi connectivity index (χ1) is 9.80. The van der Waals surface area contributed by atoms with Gasteiger partial charge in [-0.2, -0.15) is 0 Å². The lowest BCUT2D eigenvalue weighted by Gasteiger charge is -2.04. The summed E-state index contributed by atoms with van der Waals surface area (Å²) in [7, 11) is 3.64. The van der Waals surface area contributed by atoms with Gasteiger partial charge in [0, 0.05) is 23.2 Å². The van der Waals surface area contributed by atoms with E-state index in [2.05, 4.69) is 34.6 Å². The number of methoxy groups -OCH3 is 1. The molecule has 4 heteroatoms. The highest BCUT2D eigenvalue weighted by atomic mass is 32.1. The topological polar surface area (TPSA) is 34.2 Å². The Bertz CT molecular complexity index is 736. The fourth-order valence-corrected chi connectivity index (χ4v) is 3.10. The number of rotatable bonds is 4. The van der Waals surface area contributed by atoms with Gasteiger partial charge < -0.3 is 10.1 Å². The molecule has 0 bridgehead atoms. The third-order valence-corrected chi connectivity index (χ3v) is 4.25. The van der Waals surface area contributed by atoms with Crippen molar-refractivity contribution in [2.45, 2.75) is 6.54 Å². The smallest absolute Gasteiger partial charge is 0.123 e. The van der Waals surface area contributed by atoms with Crippen molar-refractivity contribution in [3.05, 3.63) is 47.5 Å². The molecule has 0 radical (unpaired) electrons. The predicted molar refractivity (Wildman–Crippen MR) is 84.4 cm³/mol. The van der Waals surface area contributed by atoms with Crippen LogP contribution in [0.4, 0.5) is 0 Å². The fourth-order valence-electron chi connectivity index (χ4n) is 2.18. The molecule has 0 atom stereocenters. The zero-order valence-corrected chi connectivity index (χ0v) is 12.3. The van der Waals surface area contributed by atoms with Gasteiger partial charge in [-0.25, -0.2) is 4.98 Å². The van der Waals surface area contributed by atoms with E-state index in [4.69, 9.17) is 4.74 Å². The minimum Gasteiger partial charge on any atom is -0.497 e. The van der Waals surface area contributed by atoms with Crippen LogP contribution >= 0.6 is 11.3 Å². The van der Waals surface area contributed by atoms with Crippen LogP contribution in [-0.4, -0.2) is 19.1 Å². The Labute approximate surface area is 122 Å². The summed E-state index contributed by atoms with van der Waals surface area (Å²) in [5.74, 6) is 0.885. The highest BCUT2D eigenvalue weighted by Crippen LogP contribution is 2.29. The molecule has 0 saturated heterocycles. The van der Waals surface area contributed by atoms with Crippen molar-refractivity contribution in [3.63, 3.8) is 0 Å². The summed E-state index contributed by atoms with van der Waals surface area (Å²) in [4.78, 5) is 5.75. The third kappa shape index (κ3) is 2.53. The lowest BCUT2D eigenvalue weighted by molar-refractivity contribution is 0.415. The van der Waals surface area contributed by atoms with E-state index >= 15 is 0 Å². The molecule has 0 unspecified atom stereocenters. The maximum atomic E-state index is 5.25. The van der Waals surface area contributed by atoms with E-state index in [-0.39, 0.29) is 0 Å². The maximum Gasteiger partial charge on any atom is 0.123 e. The van der Waals surface area contributed by atoms with Gasteiger partial charge in [-0.3, -0.25) is 0 Å². The minimum atomic E-state index is 0.864. The van der Waals surface area contributed by atoms with Crippen molar-refractivity contribution in [1.82, 2.24) is 10.3 Å². The molecule has 0 aliphatic carbocycles. The molecule has 0 fully saturated rings. The monoisotopic (exact) mass is 284 g/mol. The second-order valence-corrected chi connectivity index (χ2v) is 5.71. The Kier molecular flexibility index (Phi) is 3.67. The summed E-state index contributed by atoms with van der Waals surface area (Å²) in [6, 6.07) is 12.5. The largest absolute Gasteiger partial charge is 0.497 e. The number of benzene rings is 2. The van der Waals surface area contributed by atoms with E-state index in [1.54, 1.807) is 18.4 Å². The molecule has 0 saturated carbocycles. The lowest BCUT2D eigenvalue weighted by Crippen LogP contribution is -2.02. The first kappa shape index (κ1) is 13.1. The van der Waals surface area contributed by atoms with Crippen molar-refractivity contribution in [1.29, 1.82) is 0 Å². The lowest BCUT2D eigenvalue weighted by atomic mass is 10.1. The summed E-state index contributed by atoms with van der Waals surface area (Å²) in [6.45, 7) is 0.864. The molecule has 3 rings (SSSR count). The number of hydrogen-bond acceptors (Lipinski definition) is 4. The van der Waals surface area contributed by atoms with Crippen LogP contribution in [0.2, 0.25) is 0 Å². The standard InChI is InChI=1S/C16H16N2OS/c1-17-9-15-10-18-16(20-15)13-4-3-12-8-14(19-2)6-5-11(12)7-13/h3-8,10,17H,9H2,1-2H3. The van der Waals surface area contributed by atoms with Crippen molar-refractivity contribution < 1.29 is 4.74 Å². The zero-order valence-electron chi connectivity index (χ0n) is 11.5. The van der Waals surface area contributed by atoms with Crippen molar-refractivity contribution in [2.24, 2.45) is 0 Å². The Morgan fingerprint density at radius 2 is 1.95 bits per heavy atom. The second-order valence-electron chi connectivity index (χ2n) is 4.59. The third-order valence-electron chi connectivity index (χ3n) is 3.20. The molecular formula is C16H16N2OS. The van der Waals surface area contributed by atoms with Crippen LogP contribution in [0.3, 0.4) is 0 Å². The van der Waals surface area contributed by atoms with E-state index in [1.807, 2.05) is 25.4 Å². The van der Waals surface area contributed by atoms with Gasteiger partial charge in [-0.05, 0) is 36.0 Å². The van der Waals surface area contributed by atoms with Crippen molar-refractivity contribution in [2.75, 3.05) is 14.2 Å². The van der Waals surface area contributed by atoms with Gasteiger partial charge in [-0.1, -0.05) is 18.2 Å². The predicted octanol–water partition coefficient (Wildman–Crippen LogP) is 3.69. The van der Waals surface area contributed by atoms with Crippen molar-refractivity contribution >= 4 is 22.1 Å². The van der Waals surface area contributed by atoms with Crippen LogP contribution in [0.25, 0.3) is 21.3 Å². The molecule has 102 valence electrons. The van der Waals surface area contributed by atoms with Crippen LogP contribution in [0.5, 0.6) is 5.75 Å².